The van der Waals surface area contributed by atoms with Crippen molar-refractivity contribution in [1.82, 2.24) is 20.1 Å². The number of rotatable bonds is 8. The molecule has 0 aliphatic rings. The predicted molar refractivity (Wildman–Crippen MR) is 81.5 cm³/mol. The number of nitrogens with zero attached hydrogens (tertiary/aromatic N) is 3. The number of nitrogens with one attached hydrogen (secondary N) is 1. The summed E-state index contributed by atoms with van der Waals surface area (Å²) in [5.74, 6) is -0.0918. The standard InChI is InChI=1S/C15H24N4O2/c1-13(20)19(12-14-6-4-5-8-16-14)10-7-15(21)17-9-11-18(2)3/h4-6,8H,7,9-12H2,1-3H3,(H,17,21). The molecule has 0 atom stereocenters. The number of likely N-dealkylation sites (N-methyl/N-ethyl adjacent to an activating group) is 1. The van der Waals surface area contributed by atoms with Crippen molar-refractivity contribution in [3.8, 4) is 0 Å². The van der Waals surface area contributed by atoms with Crippen molar-refractivity contribution in [1.29, 1.82) is 0 Å². The molecule has 1 heterocycles. The van der Waals surface area contributed by atoms with E-state index in [0.717, 1.165) is 12.2 Å². The van der Waals surface area contributed by atoms with Crippen LogP contribution in [0.4, 0.5) is 0 Å². The van der Waals surface area contributed by atoms with Gasteiger partial charge in [0.05, 0.1) is 12.2 Å². The van der Waals surface area contributed by atoms with Gasteiger partial charge in [0.15, 0.2) is 0 Å². The molecule has 0 unspecified atom stereocenters. The quantitative estimate of drug-likeness (QED) is 0.758. The Morgan fingerprint density at radius 1 is 1.24 bits per heavy atom. The molecule has 1 rings (SSSR count). The van der Waals surface area contributed by atoms with Gasteiger partial charge in [-0.2, -0.15) is 0 Å². The Bertz CT molecular complexity index is 448. The summed E-state index contributed by atoms with van der Waals surface area (Å²) in [5, 5.41) is 2.84. The summed E-state index contributed by atoms with van der Waals surface area (Å²) < 4.78 is 0. The van der Waals surface area contributed by atoms with E-state index in [1.807, 2.05) is 37.2 Å². The van der Waals surface area contributed by atoms with Gasteiger partial charge in [-0.05, 0) is 26.2 Å². The lowest BCUT2D eigenvalue weighted by Crippen LogP contribution is -2.35. The average Bonchev–Trinajstić information content (AvgIpc) is 2.43. The molecule has 0 saturated heterocycles. The first-order valence-corrected chi connectivity index (χ1v) is 7.06. The number of hydrogen-bond acceptors (Lipinski definition) is 4. The second-order valence-corrected chi connectivity index (χ2v) is 5.16. The fraction of sp³-hybridized carbons (Fsp3) is 0.533. The Labute approximate surface area is 126 Å². The second kappa shape index (κ2) is 9.07. The highest BCUT2D eigenvalue weighted by Crippen LogP contribution is 2.02. The molecule has 6 nitrogen and oxygen atoms in total. The predicted octanol–water partition coefficient (Wildman–Crippen LogP) is 0.498. The zero-order valence-corrected chi connectivity index (χ0v) is 13.0. The van der Waals surface area contributed by atoms with Gasteiger partial charge in [0.2, 0.25) is 11.8 Å². The third kappa shape index (κ3) is 7.41. The molecule has 0 saturated carbocycles. The van der Waals surface area contributed by atoms with Crippen molar-refractivity contribution in [2.45, 2.75) is 19.9 Å². The lowest BCUT2D eigenvalue weighted by atomic mass is 10.3. The van der Waals surface area contributed by atoms with Crippen molar-refractivity contribution in [3.05, 3.63) is 30.1 Å². The van der Waals surface area contributed by atoms with E-state index in [2.05, 4.69) is 10.3 Å². The van der Waals surface area contributed by atoms with Crippen LogP contribution in [0.5, 0.6) is 0 Å². The number of pyridine rings is 1. The smallest absolute Gasteiger partial charge is 0.221 e. The summed E-state index contributed by atoms with van der Waals surface area (Å²) in [6.07, 6.45) is 2.00. The van der Waals surface area contributed by atoms with E-state index in [4.69, 9.17) is 0 Å². The maximum absolute atomic E-state index is 11.7. The molecule has 0 aliphatic carbocycles. The van der Waals surface area contributed by atoms with E-state index in [9.17, 15) is 9.59 Å². The van der Waals surface area contributed by atoms with Crippen LogP contribution in [0.2, 0.25) is 0 Å². The Morgan fingerprint density at radius 2 is 2.00 bits per heavy atom. The SMILES string of the molecule is CC(=O)N(CCC(=O)NCCN(C)C)Cc1ccccn1. The molecule has 0 aromatic carbocycles. The van der Waals surface area contributed by atoms with Crippen molar-refractivity contribution in [2.24, 2.45) is 0 Å². The molecule has 0 aliphatic heterocycles. The summed E-state index contributed by atoms with van der Waals surface area (Å²) in [7, 11) is 3.91. The van der Waals surface area contributed by atoms with Crippen LogP contribution in [-0.4, -0.2) is 60.3 Å². The molecule has 1 aromatic rings. The second-order valence-electron chi connectivity index (χ2n) is 5.16. The fourth-order valence-electron chi connectivity index (χ4n) is 1.78. The van der Waals surface area contributed by atoms with Crippen molar-refractivity contribution < 1.29 is 9.59 Å². The zero-order valence-electron chi connectivity index (χ0n) is 13.0. The van der Waals surface area contributed by atoms with Crippen LogP contribution in [0.25, 0.3) is 0 Å². The normalized spacial score (nSPS) is 10.5. The van der Waals surface area contributed by atoms with E-state index in [1.54, 1.807) is 11.1 Å². The Hall–Kier alpha value is -1.95. The number of carbonyl (C=O) groups excluding carboxylic acids is 2. The maximum Gasteiger partial charge on any atom is 0.221 e. The lowest BCUT2D eigenvalue weighted by Gasteiger charge is -2.20. The van der Waals surface area contributed by atoms with Crippen molar-refractivity contribution in [2.75, 3.05) is 33.7 Å². The third-order valence-corrected chi connectivity index (χ3v) is 3.01. The molecule has 1 aromatic heterocycles. The average molecular weight is 292 g/mol. The van der Waals surface area contributed by atoms with Crippen LogP contribution in [0, 0.1) is 0 Å². The van der Waals surface area contributed by atoms with Crippen LogP contribution in [0.3, 0.4) is 0 Å². The first-order chi connectivity index (χ1) is 9.99. The molecule has 21 heavy (non-hydrogen) atoms. The van der Waals surface area contributed by atoms with Crippen molar-refractivity contribution in [3.63, 3.8) is 0 Å². The minimum Gasteiger partial charge on any atom is -0.355 e. The molecule has 0 spiro atoms. The van der Waals surface area contributed by atoms with E-state index >= 15 is 0 Å². The first-order valence-electron chi connectivity index (χ1n) is 7.06. The largest absolute Gasteiger partial charge is 0.355 e. The molecule has 0 bridgehead atoms. The summed E-state index contributed by atoms with van der Waals surface area (Å²) in [5.41, 5.74) is 0.820. The molecule has 6 heteroatoms. The van der Waals surface area contributed by atoms with E-state index in [-0.39, 0.29) is 11.8 Å². The van der Waals surface area contributed by atoms with E-state index in [0.29, 0.717) is 26.1 Å². The Kier molecular flexibility index (Phi) is 7.39. The molecular formula is C15H24N4O2. The van der Waals surface area contributed by atoms with Crippen molar-refractivity contribution >= 4 is 11.8 Å². The molecule has 1 N–H and O–H groups in total. The highest BCUT2D eigenvalue weighted by molar-refractivity contribution is 5.77. The van der Waals surface area contributed by atoms with Crippen LogP contribution >= 0.6 is 0 Å². The molecule has 116 valence electrons. The zero-order chi connectivity index (χ0) is 15.7. The highest BCUT2D eigenvalue weighted by Gasteiger charge is 2.12. The molecular weight excluding hydrogens is 268 g/mol. The van der Waals surface area contributed by atoms with Gasteiger partial charge in [0, 0.05) is 39.2 Å². The van der Waals surface area contributed by atoms with Crippen LogP contribution in [0.15, 0.2) is 24.4 Å². The summed E-state index contributed by atoms with van der Waals surface area (Å²) in [4.78, 5) is 31.2. The summed E-state index contributed by atoms with van der Waals surface area (Å²) in [6, 6.07) is 5.58. The van der Waals surface area contributed by atoms with E-state index in [1.165, 1.54) is 6.92 Å². The van der Waals surface area contributed by atoms with Gasteiger partial charge in [0.1, 0.15) is 0 Å². The summed E-state index contributed by atoms with van der Waals surface area (Å²) >= 11 is 0. The number of hydrogen-bond donors (Lipinski definition) is 1. The molecule has 2 amide bonds. The Balaban J connectivity index is 2.38. The number of aromatic nitrogens is 1. The number of amides is 2. The van der Waals surface area contributed by atoms with Gasteiger partial charge in [-0.3, -0.25) is 14.6 Å². The minimum absolute atomic E-state index is 0.0379. The summed E-state index contributed by atoms with van der Waals surface area (Å²) in [6.45, 7) is 3.76. The first kappa shape index (κ1) is 17.1. The van der Waals surface area contributed by atoms with Crippen LogP contribution < -0.4 is 5.32 Å². The molecule has 0 radical (unpaired) electrons. The fourth-order valence-corrected chi connectivity index (χ4v) is 1.78. The maximum atomic E-state index is 11.7. The minimum atomic E-state index is -0.0539. The molecule has 0 fully saturated rings. The third-order valence-electron chi connectivity index (χ3n) is 3.01. The topological polar surface area (TPSA) is 65.5 Å². The van der Waals surface area contributed by atoms with Gasteiger partial charge in [-0.25, -0.2) is 0 Å². The van der Waals surface area contributed by atoms with Gasteiger partial charge in [0.25, 0.3) is 0 Å². The number of carbonyl (C=O) groups is 2. The van der Waals surface area contributed by atoms with Gasteiger partial charge in [-0.1, -0.05) is 6.07 Å². The van der Waals surface area contributed by atoms with Gasteiger partial charge >= 0.3 is 0 Å². The highest BCUT2D eigenvalue weighted by atomic mass is 16.2. The van der Waals surface area contributed by atoms with Gasteiger partial charge in [-0.15, -0.1) is 0 Å². The van der Waals surface area contributed by atoms with Gasteiger partial charge < -0.3 is 15.1 Å². The monoisotopic (exact) mass is 292 g/mol. The van der Waals surface area contributed by atoms with Crippen LogP contribution in [-0.2, 0) is 16.1 Å². The van der Waals surface area contributed by atoms with E-state index < -0.39 is 0 Å². The Morgan fingerprint density at radius 3 is 2.57 bits per heavy atom. The van der Waals surface area contributed by atoms with Crippen LogP contribution in [0.1, 0.15) is 19.0 Å². The lowest BCUT2D eigenvalue weighted by molar-refractivity contribution is -0.130.